The summed E-state index contributed by atoms with van der Waals surface area (Å²) >= 11 is 5.84. The molecule has 1 N–H and O–H groups in total. The second kappa shape index (κ2) is 6.55. The number of carbonyl (C=O) groups is 1. The molecule has 20 heavy (non-hydrogen) atoms. The second-order valence-corrected chi connectivity index (χ2v) is 4.48. The second-order valence-electron chi connectivity index (χ2n) is 4.04. The van der Waals surface area contributed by atoms with Crippen LogP contribution < -0.4 is 5.32 Å². The largest absolute Gasteiger partial charge is 0.321 e. The maximum absolute atomic E-state index is 12.0. The van der Waals surface area contributed by atoms with Crippen LogP contribution >= 0.6 is 11.6 Å². The number of amides is 1. The van der Waals surface area contributed by atoms with Crippen molar-refractivity contribution in [2.45, 2.75) is 0 Å². The Hall–Kier alpha value is -2.57. The molecule has 0 saturated heterocycles. The predicted molar refractivity (Wildman–Crippen MR) is 80.1 cm³/mol. The van der Waals surface area contributed by atoms with Gasteiger partial charge in [0.25, 0.3) is 5.91 Å². The maximum Gasteiger partial charge on any atom is 0.266 e. The van der Waals surface area contributed by atoms with Crippen molar-refractivity contribution in [2.75, 3.05) is 5.32 Å². The molecule has 0 saturated carbocycles. The molecule has 0 aromatic heterocycles. The van der Waals surface area contributed by atoms with E-state index in [0.717, 1.165) is 5.56 Å². The zero-order valence-electron chi connectivity index (χ0n) is 10.5. The summed E-state index contributed by atoms with van der Waals surface area (Å²) in [6.07, 6.45) is 1.54. The van der Waals surface area contributed by atoms with Crippen molar-refractivity contribution in [3.63, 3.8) is 0 Å². The van der Waals surface area contributed by atoms with Crippen LogP contribution in [0.1, 0.15) is 5.56 Å². The van der Waals surface area contributed by atoms with Gasteiger partial charge in [-0.3, -0.25) is 4.79 Å². The first-order valence-corrected chi connectivity index (χ1v) is 6.30. The normalized spacial score (nSPS) is 10.7. The Bertz CT molecular complexity index is 687. The van der Waals surface area contributed by atoms with Crippen molar-refractivity contribution < 1.29 is 4.79 Å². The molecule has 0 bridgehead atoms. The quantitative estimate of drug-likeness (QED) is 0.686. The zero-order valence-corrected chi connectivity index (χ0v) is 11.3. The molecule has 0 fully saturated rings. The monoisotopic (exact) mass is 282 g/mol. The van der Waals surface area contributed by atoms with Gasteiger partial charge in [0.2, 0.25) is 0 Å². The van der Waals surface area contributed by atoms with Crippen LogP contribution in [0.3, 0.4) is 0 Å². The summed E-state index contributed by atoms with van der Waals surface area (Å²) in [5.41, 5.74) is 1.39. The van der Waals surface area contributed by atoms with E-state index in [-0.39, 0.29) is 5.57 Å². The van der Waals surface area contributed by atoms with Crippen molar-refractivity contribution in [3.05, 3.63) is 70.8 Å². The molecule has 98 valence electrons. The number of benzene rings is 2. The maximum atomic E-state index is 12.0. The lowest BCUT2D eigenvalue weighted by Crippen LogP contribution is -2.13. The van der Waals surface area contributed by atoms with Crippen molar-refractivity contribution in [3.8, 4) is 6.07 Å². The lowest BCUT2D eigenvalue weighted by Gasteiger charge is -2.04. The average Bonchev–Trinajstić information content (AvgIpc) is 2.45. The van der Waals surface area contributed by atoms with Crippen LogP contribution in [0.15, 0.2) is 60.2 Å². The molecule has 0 aliphatic rings. The van der Waals surface area contributed by atoms with Crippen LogP contribution in [0, 0.1) is 11.3 Å². The number of carbonyl (C=O) groups excluding carboxylic acids is 1. The smallest absolute Gasteiger partial charge is 0.266 e. The first kappa shape index (κ1) is 13.9. The third-order valence-corrected chi connectivity index (χ3v) is 2.79. The lowest BCUT2D eigenvalue weighted by atomic mass is 10.1. The number of rotatable bonds is 3. The number of halogens is 1. The molecule has 0 radical (unpaired) electrons. The Balaban J connectivity index is 2.19. The summed E-state index contributed by atoms with van der Waals surface area (Å²) in [5.74, 6) is -0.460. The van der Waals surface area contributed by atoms with E-state index in [4.69, 9.17) is 16.9 Å². The van der Waals surface area contributed by atoms with Crippen molar-refractivity contribution in [1.82, 2.24) is 0 Å². The Morgan fingerprint density at radius 1 is 1.15 bits per heavy atom. The van der Waals surface area contributed by atoms with Gasteiger partial charge in [0, 0.05) is 10.7 Å². The number of hydrogen-bond donors (Lipinski definition) is 1. The van der Waals surface area contributed by atoms with E-state index < -0.39 is 5.91 Å². The summed E-state index contributed by atoms with van der Waals surface area (Å²) in [6.45, 7) is 0. The molecule has 3 nitrogen and oxygen atoms in total. The highest BCUT2D eigenvalue weighted by molar-refractivity contribution is 6.31. The molecular weight excluding hydrogens is 272 g/mol. The standard InChI is InChI=1S/C16H11ClN2O/c17-14-7-4-8-15(10-14)19-16(20)13(11-18)9-12-5-2-1-3-6-12/h1-10H,(H,19,20)/b13-9+. The van der Waals surface area contributed by atoms with E-state index in [1.165, 1.54) is 0 Å². The minimum atomic E-state index is -0.460. The van der Waals surface area contributed by atoms with Gasteiger partial charge in [-0.05, 0) is 29.8 Å². The van der Waals surface area contributed by atoms with Crippen LogP contribution in [0.25, 0.3) is 6.08 Å². The van der Waals surface area contributed by atoms with Crippen molar-refractivity contribution >= 4 is 29.3 Å². The molecule has 4 heteroatoms. The molecule has 1 amide bonds. The highest BCUT2D eigenvalue weighted by Gasteiger charge is 2.09. The molecular formula is C16H11ClN2O. The average molecular weight is 283 g/mol. The summed E-state index contributed by atoms with van der Waals surface area (Å²) in [4.78, 5) is 12.0. The molecule has 2 aromatic rings. The van der Waals surface area contributed by atoms with Crippen LogP contribution in [0.4, 0.5) is 5.69 Å². The van der Waals surface area contributed by atoms with Crippen LogP contribution in [0.5, 0.6) is 0 Å². The van der Waals surface area contributed by atoms with Gasteiger partial charge in [-0.15, -0.1) is 0 Å². The van der Waals surface area contributed by atoms with E-state index in [1.54, 1.807) is 30.3 Å². The lowest BCUT2D eigenvalue weighted by molar-refractivity contribution is -0.112. The highest BCUT2D eigenvalue weighted by atomic mass is 35.5. The zero-order chi connectivity index (χ0) is 14.4. The van der Waals surface area contributed by atoms with Gasteiger partial charge in [-0.2, -0.15) is 5.26 Å². The minimum Gasteiger partial charge on any atom is -0.321 e. The molecule has 0 atom stereocenters. The van der Waals surface area contributed by atoms with Crippen LogP contribution in [-0.4, -0.2) is 5.91 Å². The van der Waals surface area contributed by atoms with Crippen molar-refractivity contribution in [1.29, 1.82) is 5.26 Å². The van der Waals surface area contributed by atoms with Gasteiger partial charge in [0.15, 0.2) is 0 Å². The molecule has 0 unspecified atom stereocenters. The molecule has 2 rings (SSSR count). The van der Waals surface area contributed by atoms with E-state index in [1.807, 2.05) is 36.4 Å². The van der Waals surface area contributed by atoms with Crippen molar-refractivity contribution in [2.24, 2.45) is 0 Å². The van der Waals surface area contributed by atoms with Gasteiger partial charge in [-0.25, -0.2) is 0 Å². The summed E-state index contributed by atoms with van der Waals surface area (Å²) < 4.78 is 0. The molecule has 0 aliphatic heterocycles. The Kier molecular flexibility index (Phi) is 4.54. The van der Waals surface area contributed by atoms with Gasteiger partial charge in [0.05, 0.1) is 0 Å². The first-order chi connectivity index (χ1) is 9.69. The van der Waals surface area contributed by atoms with Gasteiger partial charge in [0.1, 0.15) is 11.6 Å². The molecule has 2 aromatic carbocycles. The van der Waals surface area contributed by atoms with Crippen LogP contribution in [0.2, 0.25) is 5.02 Å². The molecule has 0 spiro atoms. The summed E-state index contributed by atoms with van der Waals surface area (Å²) in [5, 5.41) is 12.2. The van der Waals surface area contributed by atoms with E-state index in [9.17, 15) is 4.79 Å². The Labute approximate surface area is 122 Å². The molecule has 0 heterocycles. The SMILES string of the molecule is N#C/C(=C\c1ccccc1)C(=O)Nc1cccc(Cl)c1. The fraction of sp³-hybridized carbons (Fsp3) is 0. The number of nitrogens with zero attached hydrogens (tertiary/aromatic N) is 1. The van der Waals surface area contributed by atoms with Gasteiger partial charge in [-0.1, -0.05) is 48.0 Å². The topological polar surface area (TPSA) is 52.9 Å². The van der Waals surface area contributed by atoms with Gasteiger partial charge < -0.3 is 5.32 Å². The van der Waals surface area contributed by atoms with Gasteiger partial charge >= 0.3 is 0 Å². The predicted octanol–water partition coefficient (Wildman–Crippen LogP) is 3.89. The minimum absolute atomic E-state index is 0.0381. The van der Waals surface area contributed by atoms with E-state index >= 15 is 0 Å². The van der Waals surface area contributed by atoms with E-state index in [2.05, 4.69) is 5.32 Å². The Morgan fingerprint density at radius 2 is 1.90 bits per heavy atom. The number of nitriles is 1. The third-order valence-electron chi connectivity index (χ3n) is 2.56. The summed E-state index contributed by atoms with van der Waals surface area (Å²) in [6, 6.07) is 17.9. The third kappa shape index (κ3) is 3.71. The fourth-order valence-electron chi connectivity index (χ4n) is 1.63. The molecule has 0 aliphatic carbocycles. The Morgan fingerprint density at radius 3 is 2.55 bits per heavy atom. The first-order valence-electron chi connectivity index (χ1n) is 5.93. The van der Waals surface area contributed by atoms with E-state index in [0.29, 0.717) is 10.7 Å². The van der Waals surface area contributed by atoms with Crippen LogP contribution in [-0.2, 0) is 4.79 Å². The number of hydrogen-bond acceptors (Lipinski definition) is 2. The number of nitrogens with one attached hydrogen (secondary N) is 1. The highest BCUT2D eigenvalue weighted by Crippen LogP contribution is 2.16. The summed E-state index contributed by atoms with van der Waals surface area (Å²) in [7, 11) is 0. The number of anilines is 1. The fourth-order valence-corrected chi connectivity index (χ4v) is 1.82.